The van der Waals surface area contributed by atoms with Gasteiger partial charge < -0.3 is 11.1 Å². The summed E-state index contributed by atoms with van der Waals surface area (Å²) in [4.78, 5) is 13.1. The fourth-order valence-electron chi connectivity index (χ4n) is 3.34. The highest BCUT2D eigenvalue weighted by Crippen LogP contribution is 2.29. The minimum Gasteiger partial charge on any atom is -0.348 e. The molecule has 6 nitrogen and oxygen atoms in total. The Hall–Kier alpha value is -0.320. The van der Waals surface area contributed by atoms with E-state index in [2.05, 4.69) is 5.32 Å². The van der Waals surface area contributed by atoms with Crippen molar-refractivity contribution in [2.75, 3.05) is 31.1 Å². The molecule has 2 aliphatic rings. The number of nitrogens with one attached hydrogen (secondary N) is 1. The highest BCUT2D eigenvalue weighted by atomic mass is 35.5. The van der Waals surface area contributed by atoms with Crippen LogP contribution in [-0.4, -0.2) is 55.8 Å². The molecule has 1 aliphatic heterocycles. The van der Waals surface area contributed by atoms with Crippen LogP contribution in [0.1, 0.15) is 28.9 Å². The molecule has 25 heavy (non-hydrogen) atoms. The molecule has 0 aromatic carbocycles. The van der Waals surface area contributed by atoms with Crippen LogP contribution in [0.5, 0.6) is 0 Å². The molecule has 3 rings (SSSR count). The molecular weight excluding hydrogens is 402 g/mol. The maximum atomic E-state index is 12.9. The Morgan fingerprint density at radius 1 is 1.32 bits per heavy atom. The molecule has 10 heteroatoms. The van der Waals surface area contributed by atoms with Crippen molar-refractivity contribution in [3.05, 3.63) is 16.3 Å². The summed E-state index contributed by atoms with van der Waals surface area (Å²) < 4.78 is 27.2. The van der Waals surface area contributed by atoms with Crippen molar-refractivity contribution >= 4 is 51.4 Å². The summed E-state index contributed by atoms with van der Waals surface area (Å²) in [5.41, 5.74) is 5.76. The monoisotopic (exact) mass is 425 g/mol. The number of carbonyl (C=O) groups is 1. The van der Waals surface area contributed by atoms with Crippen molar-refractivity contribution in [2.24, 2.45) is 11.7 Å². The smallest absolute Gasteiger partial charge is 0.262 e. The Morgan fingerprint density at radius 2 is 2.04 bits per heavy atom. The Labute approximate surface area is 163 Å². The van der Waals surface area contributed by atoms with E-state index in [9.17, 15) is 13.2 Å². The first kappa shape index (κ1) is 21.0. The van der Waals surface area contributed by atoms with Crippen LogP contribution in [0.15, 0.2) is 16.3 Å². The van der Waals surface area contributed by atoms with Gasteiger partial charge in [0.05, 0.1) is 0 Å². The predicted molar refractivity (Wildman–Crippen MR) is 105 cm³/mol. The van der Waals surface area contributed by atoms with Crippen molar-refractivity contribution in [1.29, 1.82) is 0 Å². The molecule has 2 heterocycles. The van der Waals surface area contributed by atoms with Crippen LogP contribution in [0, 0.1) is 5.92 Å². The minimum atomic E-state index is -3.60. The number of thioether (sulfide) groups is 1. The maximum absolute atomic E-state index is 12.9. The molecule has 2 fully saturated rings. The lowest BCUT2D eigenvalue weighted by Gasteiger charge is -2.26. The third kappa shape index (κ3) is 4.51. The summed E-state index contributed by atoms with van der Waals surface area (Å²) in [7, 11) is -3.60. The molecule has 0 spiro atoms. The Bertz CT molecular complexity index is 689. The third-order valence-corrected chi connectivity index (χ3v) is 8.63. The average molecular weight is 426 g/mol. The number of halogens is 1. The number of nitrogens with two attached hydrogens (primary N) is 1. The van der Waals surface area contributed by atoms with Gasteiger partial charge in [0.2, 0.25) is 10.0 Å². The van der Waals surface area contributed by atoms with Crippen LogP contribution < -0.4 is 11.1 Å². The summed E-state index contributed by atoms with van der Waals surface area (Å²) in [6.45, 7) is 1.55. The molecule has 0 bridgehead atoms. The zero-order chi connectivity index (χ0) is 17.2. The van der Waals surface area contributed by atoms with E-state index in [1.54, 1.807) is 23.2 Å². The number of sulfonamides is 1. The summed E-state index contributed by atoms with van der Waals surface area (Å²) in [5.74, 6) is 1.59. The van der Waals surface area contributed by atoms with Crippen LogP contribution in [0.3, 0.4) is 0 Å². The molecule has 2 atom stereocenters. The van der Waals surface area contributed by atoms with E-state index in [4.69, 9.17) is 5.73 Å². The van der Waals surface area contributed by atoms with Crippen molar-refractivity contribution in [3.8, 4) is 0 Å². The van der Waals surface area contributed by atoms with E-state index in [1.807, 2.05) is 0 Å². The molecular formula is C15H24ClN3O3S3. The lowest BCUT2D eigenvalue weighted by Crippen LogP contribution is -2.41. The second kappa shape index (κ2) is 9.05. The maximum Gasteiger partial charge on any atom is 0.262 e. The normalized spacial score (nSPS) is 24.7. The second-order valence-corrected chi connectivity index (χ2v) is 10.2. The van der Waals surface area contributed by atoms with Crippen molar-refractivity contribution in [1.82, 2.24) is 9.62 Å². The molecule has 1 aromatic rings. The van der Waals surface area contributed by atoms with Gasteiger partial charge in [0.15, 0.2) is 0 Å². The topological polar surface area (TPSA) is 92.5 Å². The van der Waals surface area contributed by atoms with E-state index in [0.717, 1.165) is 30.8 Å². The Balaban J connectivity index is 0.00000225. The highest BCUT2D eigenvalue weighted by Gasteiger charge is 2.33. The summed E-state index contributed by atoms with van der Waals surface area (Å²) in [5, 5.41) is 4.68. The number of nitrogens with zero attached hydrogens (tertiary/aromatic N) is 1. The van der Waals surface area contributed by atoms with E-state index in [-0.39, 0.29) is 40.0 Å². The third-order valence-electron chi connectivity index (χ3n) is 4.70. The van der Waals surface area contributed by atoms with Gasteiger partial charge in [-0.2, -0.15) is 16.1 Å². The van der Waals surface area contributed by atoms with Gasteiger partial charge in [0.1, 0.15) is 9.77 Å². The second-order valence-electron chi connectivity index (χ2n) is 6.14. The number of hydrogen-bond acceptors (Lipinski definition) is 6. The van der Waals surface area contributed by atoms with Gasteiger partial charge >= 0.3 is 0 Å². The van der Waals surface area contributed by atoms with Crippen LogP contribution in [0.25, 0.3) is 0 Å². The molecule has 1 saturated heterocycles. The van der Waals surface area contributed by atoms with E-state index in [0.29, 0.717) is 19.6 Å². The van der Waals surface area contributed by atoms with Gasteiger partial charge in [0, 0.05) is 30.6 Å². The highest BCUT2D eigenvalue weighted by molar-refractivity contribution is 7.99. The number of hydrogen-bond donors (Lipinski definition) is 2. The number of amides is 1. The van der Waals surface area contributed by atoms with Crippen molar-refractivity contribution in [3.63, 3.8) is 0 Å². The van der Waals surface area contributed by atoms with E-state index in [1.165, 1.54) is 15.6 Å². The predicted octanol–water partition coefficient (Wildman–Crippen LogP) is 1.76. The molecule has 1 amide bonds. The zero-order valence-corrected chi connectivity index (χ0v) is 17.1. The summed E-state index contributed by atoms with van der Waals surface area (Å²) >= 11 is 2.94. The van der Waals surface area contributed by atoms with Crippen LogP contribution in [0.4, 0.5) is 0 Å². The first-order valence-electron chi connectivity index (χ1n) is 8.20. The molecule has 1 aliphatic carbocycles. The lowest BCUT2D eigenvalue weighted by atomic mass is 10.0. The number of carbonyl (C=O) groups excluding carboxylic acids is 1. The average Bonchev–Trinajstić information content (AvgIpc) is 3.24. The minimum absolute atomic E-state index is 0. The largest absolute Gasteiger partial charge is 0.348 e. The van der Waals surface area contributed by atoms with E-state index < -0.39 is 10.0 Å². The Kier molecular flexibility index (Phi) is 7.60. The fraction of sp³-hybridized carbons (Fsp3) is 0.667. The van der Waals surface area contributed by atoms with Gasteiger partial charge in [-0.15, -0.1) is 23.7 Å². The molecule has 2 unspecified atom stereocenters. The molecule has 142 valence electrons. The quantitative estimate of drug-likeness (QED) is 0.749. The summed E-state index contributed by atoms with van der Waals surface area (Å²) in [6, 6.07) is 1.60. The van der Waals surface area contributed by atoms with Crippen molar-refractivity contribution in [2.45, 2.75) is 30.2 Å². The van der Waals surface area contributed by atoms with Gasteiger partial charge in [-0.05, 0) is 36.8 Å². The molecule has 1 saturated carbocycles. The Morgan fingerprint density at radius 3 is 2.72 bits per heavy atom. The zero-order valence-electron chi connectivity index (χ0n) is 13.8. The van der Waals surface area contributed by atoms with Crippen LogP contribution in [0.2, 0.25) is 0 Å². The standard InChI is InChI=1S/C15H23N3O3S3.ClH/c16-10-11-2-1-3-12(11)17-15(19)14-13(4-7-23-14)24(20,21)18-5-8-22-9-6-18;/h4,7,11-12H,1-3,5-6,8-10,16H2,(H,17,19);1H. The van der Waals surface area contributed by atoms with Gasteiger partial charge in [-0.3, -0.25) is 4.79 Å². The molecule has 1 aromatic heterocycles. The van der Waals surface area contributed by atoms with Gasteiger partial charge in [0.25, 0.3) is 5.91 Å². The molecule has 0 radical (unpaired) electrons. The molecule has 3 N–H and O–H groups in total. The summed E-state index contributed by atoms with van der Waals surface area (Å²) in [6.07, 6.45) is 2.97. The number of rotatable bonds is 5. The number of thiophene rings is 1. The first-order chi connectivity index (χ1) is 11.5. The van der Waals surface area contributed by atoms with Crippen LogP contribution in [-0.2, 0) is 10.0 Å². The van der Waals surface area contributed by atoms with Gasteiger partial charge in [-0.1, -0.05) is 6.42 Å². The SMILES string of the molecule is Cl.NCC1CCCC1NC(=O)c1sccc1S(=O)(=O)N1CCSCC1. The van der Waals surface area contributed by atoms with Gasteiger partial charge in [-0.25, -0.2) is 8.42 Å². The van der Waals surface area contributed by atoms with Crippen molar-refractivity contribution < 1.29 is 13.2 Å². The van der Waals surface area contributed by atoms with Crippen LogP contribution >= 0.6 is 35.5 Å². The lowest BCUT2D eigenvalue weighted by molar-refractivity contribution is 0.0929. The fourth-order valence-corrected chi connectivity index (χ4v) is 7.21. The first-order valence-corrected chi connectivity index (χ1v) is 11.7. The van der Waals surface area contributed by atoms with E-state index >= 15 is 0 Å².